The number of nitrogens with zero attached hydrogens (tertiary/aromatic N) is 2. The monoisotopic (exact) mass is 342 g/mol. The molecule has 2 aliphatic heterocycles. The van der Waals surface area contributed by atoms with Gasteiger partial charge in [0.1, 0.15) is 0 Å². The maximum absolute atomic E-state index is 12.6. The normalized spacial score (nSPS) is 29.5. The fourth-order valence-electron chi connectivity index (χ4n) is 4.58. The zero-order chi connectivity index (χ0) is 16.3. The third kappa shape index (κ3) is 4.08. The van der Waals surface area contributed by atoms with Crippen molar-refractivity contribution >= 4 is 15.9 Å². The van der Waals surface area contributed by atoms with E-state index in [9.17, 15) is 13.2 Å². The Morgan fingerprint density at radius 2 is 1.61 bits per heavy atom. The molecule has 0 unspecified atom stereocenters. The average molecular weight is 343 g/mol. The molecule has 3 aliphatic rings. The second kappa shape index (κ2) is 7.51. The highest BCUT2D eigenvalue weighted by atomic mass is 32.2. The Labute approximate surface area is 140 Å². The highest BCUT2D eigenvalue weighted by Crippen LogP contribution is 2.35. The summed E-state index contributed by atoms with van der Waals surface area (Å²) in [6.07, 6.45) is 10.1. The Bertz CT molecular complexity index is 512. The largest absolute Gasteiger partial charge is 0.339 e. The van der Waals surface area contributed by atoms with E-state index < -0.39 is 10.0 Å². The van der Waals surface area contributed by atoms with Crippen molar-refractivity contribution in [3.8, 4) is 0 Å². The lowest BCUT2D eigenvalue weighted by Crippen LogP contribution is -2.49. The van der Waals surface area contributed by atoms with Crippen LogP contribution >= 0.6 is 0 Å². The number of amides is 1. The lowest BCUT2D eigenvalue weighted by molar-refractivity contribution is -0.137. The first-order valence-corrected chi connectivity index (χ1v) is 11.0. The molecule has 0 aromatic carbocycles. The molecular weight excluding hydrogens is 312 g/mol. The van der Waals surface area contributed by atoms with Crippen molar-refractivity contribution in [3.63, 3.8) is 0 Å². The molecule has 2 saturated heterocycles. The summed E-state index contributed by atoms with van der Waals surface area (Å²) in [5.41, 5.74) is 0. The van der Waals surface area contributed by atoms with Gasteiger partial charge in [0.25, 0.3) is 0 Å². The summed E-state index contributed by atoms with van der Waals surface area (Å²) >= 11 is 0. The van der Waals surface area contributed by atoms with Gasteiger partial charge in [-0.25, -0.2) is 12.7 Å². The molecule has 3 fully saturated rings. The molecule has 1 saturated carbocycles. The summed E-state index contributed by atoms with van der Waals surface area (Å²) in [7, 11) is -3.15. The predicted octanol–water partition coefficient (Wildman–Crippen LogP) is 2.37. The number of fused-ring (bicyclic) bond motifs is 1. The van der Waals surface area contributed by atoms with Gasteiger partial charge < -0.3 is 4.90 Å². The maximum Gasteiger partial charge on any atom is 0.222 e. The first-order chi connectivity index (χ1) is 11.1. The predicted molar refractivity (Wildman–Crippen MR) is 90.5 cm³/mol. The van der Waals surface area contributed by atoms with Gasteiger partial charge >= 0.3 is 0 Å². The number of rotatable bonds is 5. The molecule has 2 atom stereocenters. The Morgan fingerprint density at radius 1 is 0.913 bits per heavy atom. The first kappa shape index (κ1) is 17.2. The Hall–Kier alpha value is -0.620. The second-order valence-electron chi connectivity index (χ2n) is 7.37. The third-order valence-corrected chi connectivity index (χ3v) is 7.77. The Morgan fingerprint density at radius 3 is 2.39 bits per heavy atom. The second-order valence-corrected chi connectivity index (χ2v) is 9.46. The zero-order valence-corrected chi connectivity index (χ0v) is 14.9. The molecule has 1 amide bonds. The minimum Gasteiger partial charge on any atom is -0.339 e. The average Bonchev–Trinajstić information content (AvgIpc) is 3.09. The molecule has 5 nitrogen and oxygen atoms in total. The van der Waals surface area contributed by atoms with Gasteiger partial charge in [0.15, 0.2) is 0 Å². The Balaban J connectivity index is 1.48. The van der Waals surface area contributed by atoms with Crippen LogP contribution in [0.1, 0.15) is 64.2 Å². The van der Waals surface area contributed by atoms with Crippen LogP contribution in [0.3, 0.4) is 0 Å². The van der Waals surface area contributed by atoms with Crippen molar-refractivity contribution in [3.05, 3.63) is 0 Å². The van der Waals surface area contributed by atoms with Crippen molar-refractivity contribution in [2.24, 2.45) is 5.92 Å². The number of sulfonamides is 1. The van der Waals surface area contributed by atoms with Crippen molar-refractivity contribution in [1.82, 2.24) is 9.21 Å². The van der Waals surface area contributed by atoms with Crippen molar-refractivity contribution in [1.29, 1.82) is 0 Å². The van der Waals surface area contributed by atoms with E-state index in [4.69, 9.17) is 0 Å². The molecule has 0 radical (unpaired) electrons. The molecular formula is C17H30N2O3S. The van der Waals surface area contributed by atoms with Crippen LogP contribution in [0.2, 0.25) is 0 Å². The van der Waals surface area contributed by atoms with E-state index in [1.54, 1.807) is 4.31 Å². The van der Waals surface area contributed by atoms with E-state index in [1.165, 1.54) is 25.7 Å². The molecule has 0 spiro atoms. The quantitative estimate of drug-likeness (QED) is 0.771. The van der Waals surface area contributed by atoms with E-state index in [0.29, 0.717) is 37.9 Å². The van der Waals surface area contributed by atoms with Crippen LogP contribution in [0, 0.1) is 5.92 Å². The van der Waals surface area contributed by atoms with Gasteiger partial charge in [-0.05, 0) is 50.9 Å². The fourth-order valence-corrected chi connectivity index (χ4v) is 6.16. The molecule has 132 valence electrons. The fraction of sp³-hybridized carbons (Fsp3) is 0.941. The van der Waals surface area contributed by atoms with Gasteiger partial charge in [-0.3, -0.25) is 4.79 Å². The summed E-state index contributed by atoms with van der Waals surface area (Å²) in [6.45, 7) is 2.19. The summed E-state index contributed by atoms with van der Waals surface area (Å²) < 4.78 is 26.0. The van der Waals surface area contributed by atoms with Gasteiger partial charge in [-0.2, -0.15) is 0 Å². The molecule has 1 aliphatic carbocycles. The molecule has 3 rings (SSSR count). The van der Waals surface area contributed by atoms with Crippen LogP contribution < -0.4 is 0 Å². The summed E-state index contributed by atoms with van der Waals surface area (Å²) in [4.78, 5) is 14.7. The maximum atomic E-state index is 12.6. The first-order valence-electron chi connectivity index (χ1n) is 9.35. The van der Waals surface area contributed by atoms with Gasteiger partial charge in [-0.1, -0.05) is 12.8 Å². The lowest BCUT2D eigenvalue weighted by atomic mass is 9.78. The molecule has 0 aromatic rings. The van der Waals surface area contributed by atoms with Crippen LogP contribution in [-0.2, 0) is 14.8 Å². The van der Waals surface area contributed by atoms with Gasteiger partial charge in [0, 0.05) is 32.1 Å². The SMILES string of the molecule is O=C(CCCS(=O)(=O)N1CCCC1)N1CCC[C@H]2CCCC[C@H]21. The van der Waals surface area contributed by atoms with E-state index in [0.717, 1.165) is 32.2 Å². The molecule has 0 N–H and O–H groups in total. The molecule has 23 heavy (non-hydrogen) atoms. The van der Waals surface area contributed by atoms with E-state index in [2.05, 4.69) is 4.90 Å². The number of hydrogen-bond acceptors (Lipinski definition) is 3. The summed E-state index contributed by atoms with van der Waals surface area (Å²) in [5, 5.41) is 0. The minimum atomic E-state index is -3.15. The summed E-state index contributed by atoms with van der Waals surface area (Å²) in [6, 6.07) is 0.431. The van der Waals surface area contributed by atoms with Crippen molar-refractivity contribution in [2.75, 3.05) is 25.4 Å². The van der Waals surface area contributed by atoms with E-state index in [-0.39, 0.29) is 11.7 Å². The highest BCUT2D eigenvalue weighted by Gasteiger charge is 2.35. The summed E-state index contributed by atoms with van der Waals surface area (Å²) in [5.74, 6) is 0.994. The Kier molecular flexibility index (Phi) is 5.62. The van der Waals surface area contributed by atoms with Gasteiger partial charge in [0.05, 0.1) is 5.75 Å². The van der Waals surface area contributed by atoms with Gasteiger partial charge in [0.2, 0.25) is 15.9 Å². The molecule has 6 heteroatoms. The molecule has 2 heterocycles. The third-order valence-electron chi connectivity index (χ3n) is 5.81. The van der Waals surface area contributed by atoms with Crippen LogP contribution in [0.5, 0.6) is 0 Å². The smallest absolute Gasteiger partial charge is 0.222 e. The van der Waals surface area contributed by atoms with Crippen LogP contribution in [0.4, 0.5) is 0 Å². The lowest BCUT2D eigenvalue weighted by Gasteiger charge is -2.44. The zero-order valence-electron chi connectivity index (χ0n) is 14.1. The van der Waals surface area contributed by atoms with Crippen LogP contribution in [0.15, 0.2) is 0 Å². The number of carbonyl (C=O) groups is 1. The number of carbonyl (C=O) groups excluding carboxylic acids is 1. The molecule has 0 aromatic heterocycles. The van der Waals surface area contributed by atoms with Crippen LogP contribution in [-0.4, -0.2) is 55.0 Å². The number of piperidine rings is 1. The van der Waals surface area contributed by atoms with Crippen molar-refractivity contribution in [2.45, 2.75) is 70.3 Å². The van der Waals surface area contributed by atoms with Gasteiger partial charge in [-0.15, -0.1) is 0 Å². The minimum absolute atomic E-state index is 0.126. The number of hydrogen-bond donors (Lipinski definition) is 0. The van der Waals surface area contributed by atoms with E-state index >= 15 is 0 Å². The number of likely N-dealkylation sites (tertiary alicyclic amines) is 1. The van der Waals surface area contributed by atoms with Crippen molar-refractivity contribution < 1.29 is 13.2 Å². The standard InChI is InChI=1S/C17H30N2O3S/c20-17(10-6-14-23(21,22)18-11-3-4-12-18)19-13-5-8-15-7-1-2-9-16(15)19/h15-16H,1-14H2/t15-,16-/m1/s1. The highest BCUT2D eigenvalue weighted by molar-refractivity contribution is 7.89. The van der Waals surface area contributed by atoms with E-state index in [1.807, 2.05) is 0 Å². The van der Waals surface area contributed by atoms with Crippen LogP contribution in [0.25, 0.3) is 0 Å². The topological polar surface area (TPSA) is 57.7 Å². The molecule has 0 bridgehead atoms.